The van der Waals surface area contributed by atoms with E-state index in [-0.39, 0.29) is 0 Å². The Hall–Kier alpha value is -1.81. The lowest BCUT2D eigenvalue weighted by atomic mass is 10.0. The highest BCUT2D eigenvalue weighted by atomic mass is 19.1. The Balaban J connectivity index is 1.89. The van der Waals surface area contributed by atoms with E-state index < -0.39 is 11.6 Å². The first-order valence-corrected chi connectivity index (χ1v) is 6.77. The second kappa shape index (κ2) is 5.29. The van der Waals surface area contributed by atoms with Crippen molar-refractivity contribution in [3.8, 4) is 11.1 Å². The number of nitrogens with one attached hydrogen (secondary N) is 1. The maximum absolute atomic E-state index is 13.9. The SMILES string of the molecule is Cc1cc(-c2cncc(CNC3CC3)c2)c(F)cc1F. The van der Waals surface area contributed by atoms with Crippen molar-refractivity contribution in [3.05, 3.63) is 53.4 Å². The van der Waals surface area contributed by atoms with Gasteiger partial charge < -0.3 is 5.32 Å². The van der Waals surface area contributed by atoms with Crippen molar-refractivity contribution < 1.29 is 8.78 Å². The Bertz CT molecular complexity index is 636. The van der Waals surface area contributed by atoms with Crippen molar-refractivity contribution in [1.82, 2.24) is 10.3 Å². The van der Waals surface area contributed by atoms with E-state index in [2.05, 4.69) is 10.3 Å². The summed E-state index contributed by atoms with van der Waals surface area (Å²) in [5.74, 6) is -1.08. The van der Waals surface area contributed by atoms with Crippen LogP contribution >= 0.6 is 0 Å². The number of rotatable bonds is 4. The van der Waals surface area contributed by atoms with Gasteiger partial charge in [-0.1, -0.05) is 0 Å². The maximum atomic E-state index is 13.9. The number of hydrogen-bond donors (Lipinski definition) is 1. The van der Waals surface area contributed by atoms with Crippen LogP contribution in [0.1, 0.15) is 24.0 Å². The minimum absolute atomic E-state index is 0.393. The molecule has 1 heterocycles. The first-order valence-electron chi connectivity index (χ1n) is 6.77. The molecule has 1 saturated carbocycles. The van der Waals surface area contributed by atoms with Crippen LogP contribution in [0.5, 0.6) is 0 Å². The van der Waals surface area contributed by atoms with Crippen LogP contribution < -0.4 is 5.32 Å². The van der Waals surface area contributed by atoms with Crippen LogP contribution in [-0.4, -0.2) is 11.0 Å². The van der Waals surface area contributed by atoms with Gasteiger partial charge in [0.05, 0.1) is 0 Å². The summed E-state index contributed by atoms with van der Waals surface area (Å²) in [6.45, 7) is 2.36. The zero-order valence-electron chi connectivity index (χ0n) is 11.3. The van der Waals surface area contributed by atoms with E-state index in [1.807, 2.05) is 6.07 Å². The third-order valence-corrected chi connectivity index (χ3v) is 3.53. The fourth-order valence-corrected chi connectivity index (χ4v) is 2.16. The molecule has 20 heavy (non-hydrogen) atoms. The van der Waals surface area contributed by atoms with Gasteiger partial charge in [-0.25, -0.2) is 8.78 Å². The van der Waals surface area contributed by atoms with E-state index in [4.69, 9.17) is 0 Å². The summed E-state index contributed by atoms with van der Waals surface area (Å²) in [6.07, 6.45) is 5.82. The number of pyridine rings is 1. The molecule has 2 nitrogen and oxygen atoms in total. The van der Waals surface area contributed by atoms with Gasteiger partial charge in [-0.3, -0.25) is 4.98 Å². The predicted octanol–water partition coefficient (Wildman–Crippen LogP) is 3.59. The summed E-state index contributed by atoms with van der Waals surface area (Å²) in [6, 6.07) is 4.97. The molecule has 0 unspecified atom stereocenters. The number of halogens is 2. The van der Waals surface area contributed by atoms with Crippen LogP contribution in [0, 0.1) is 18.6 Å². The molecule has 1 aliphatic rings. The van der Waals surface area contributed by atoms with Gasteiger partial charge in [0.1, 0.15) is 11.6 Å². The minimum Gasteiger partial charge on any atom is -0.310 e. The van der Waals surface area contributed by atoms with Gasteiger partial charge in [-0.15, -0.1) is 0 Å². The molecular formula is C16H16F2N2. The molecule has 104 valence electrons. The second-order valence-corrected chi connectivity index (χ2v) is 5.32. The highest BCUT2D eigenvalue weighted by Crippen LogP contribution is 2.26. The lowest BCUT2D eigenvalue weighted by Gasteiger charge is -2.08. The van der Waals surface area contributed by atoms with E-state index in [0.717, 1.165) is 18.2 Å². The van der Waals surface area contributed by atoms with E-state index in [0.29, 0.717) is 22.7 Å². The molecule has 0 radical (unpaired) electrons. The summed E-state index contributed by atoms with van der Waals surface area (Å²) in [5.41, 5.74) is 2.52. The zero-order chi connectivity index (χ0) is 14.1. The molecule has 1 fully saturated rings. The lowest BCUT2D eigenvalue weighted by molar-refractivity contribution is 0.579. The molecule has 2 aromatic rings. The van der Waals surface area contributed by atoms with Crippen LogP contribution in [-0.2, 0) is 6.54 Å². The molecule has 0 aliphatic heterocycles. The Labute approximate surface area is 116 Å². The Morgan fingerprint density at radius 1 is 1.15 bits per heavy atom. The molecule has 1 aliphatic carbocycles. The predicted molar refractivity (Wildman–Crippen MR) is 74.2 cm³/mol. The van der Waals surface area contributed by atoms with Crippen molar-refractivity contribution in [1.29, 1.82) is 0 Å². The molecule has 0 spiro atoms. The van der Waals surface area contributed by atoms with Crippen LogP contribution in [0.25, 0.3) is 11.1 Å². The van der Waals surface area contributed by atoms with E-state index in [9.17, 15) is 8.78 Å². The van der Waals surface area contributed by atoms with E-state index in [1.165, 1.54) is 18.9 Å². The van der Waals surface area contributed by atoms with Crippen LogP contribution in [0.15, 0.2) is 30.6 Å². The molecule has 0 atom stereocenters. The largest absolute Gasteiger partial charge is 0.310 e. The lowest BCUT2D eigenvalue weighted by Crippen LogP contribution is -2.15. The third-order valence-electron chi connectivity index (χ3n) is 3.53. The van der Waals surface area contributed by atoms with Crippen molar-refractivity contribution >= 4 is 0 Å². The number of nitrogens with zero attached hydrogens (tertiary/aromatic N) is 1. The van der Waals surface area contributed by atoms with Gasteiger partial charge in [-0.2, -0.15) is 0 Å². The van der Waals surface area contributed by atoms with Gasteiger partial charge in [0.25, 0.3) is 0 Å². The fourth-order valence-electron chi connectivity index (χ4n) is 2.16. The van der Waals surface area contributed by atoms with Crippen LogP contribution in [0.3, 0.4) is 0 Å². The summed E-state index contributed by atoms with van der Waals surface area (Å²) < 4.78 is 27.2. The minimum atomic E-state index is -0.554. The van der Waals surface area contributed by atoms with E-state index in [1.54, 1.807) is 19.3 Å². The molecule has 3 rings (SSSR count). The highest BCUT2D eigenvalue weighted by molar-refractivity contribution is 5.64. The maximum Gasteiger partial charge on any atom is 0.134 e. The summed E-state index contributed by atoms with van der Waals surface area (Å²) in [5, 5.41) is 3.39. The number of benzene rings is 1. The number of aryl methyl sites for hydroxylation is 1. The van der Waals surface area contributed by atoms with Crippen LogP contribution in [0.4, 0.5) is 8.78 Å². The van der Waals surface area contributed by atoms with Gasteiger partial charge in [0.2, 0.25) is 0 Å². The van der Waals surface area contributed by atoms with Crippen LogP contribution in [0.2, 0.25) is 0 Å². The average molecular weight is 274 g/mol. The molecular weight excluding hydrogens is 258 g/mol. The van der Waals surface area contributed by atoms with Gasteiger partial charge in [0.15, 0.2) is 0 Å². The molecule has 1 aromatic carbocycles. The Morgan fingerprint density at radius 3 is 2.70 bits per heavy atom. The van der Waals surface area contributed by atoms with Gasteiger partial charge in [0, 0.05) is 42.2 Å². The standard InChI is InChI=1S/C16H16F2N2/c1-10-4-14(16(18)6-15(10)17)12-5-11(7-19-9-12)8-20-13-2-3-13/h4-7,9,13,20H,2-3,8H2,1H3. The summed E-state index contributed by atoms with van der Waals surface area (Å²) in [7, 11) is 0. The smallest absolute Gasteiger partial charge is 0.134 e. The third kappa shape index (κ3) is 2.85. The van der Waals surface area contributed by atoms with Gasteiger partial charge in [-0.05, 0) is 43.0 Å². The molecule has 1 N–H and O–H groups in total. The number of aromatic nitrogens is 1. The average Bonchev–Trinajstić information content (AvgIpc) is 3.25. The van der Waals surface area contributed by atoms with E-state index >= 15 is 0 Å². The molecule has 0 bridgehead atoms. The zero-order valence-corrected chi connectivity index (χ0v) is 11.3. The molecule has 0 amide bonds. The fraction of sp³-hybridized carbons (Fsp3) is 0.312. The monoisotopic (exact) mass is 274 g/mol. The molecule has 0 saturated heterocycles. The quantitative estimate of drug-likeness (QED) is 0.921. The molecule has 4 heteroatoms. The summed E-state index contributed by atoms with van der Waals surface area (Å²) >= 11 is 0. The second-order valence-electron chi connectivity index (χ2n) is 5.32. The first kappa shape index (κ1) is 13.2. The normalized spacial score (nSPS) is 14.6. The molecule has 1 aromatic heterocycles. The number of hydrogen-bond acceptors (Lipinski definition) is 2. The topological polar surface area (TPSA) is 24.9 Å². The van der Waals surface area contributed by atoms with Crippen molar-refractivity contribution in [3.63, 3.8) is 0 Å². The Morgan fingerprint density at radius 2 is 1.95 bits per heavy atom. The highest BCUT2D eigenvalue weighted by Gasteiger charge is 2.20. The first-order chi connectivity index (χ1) is 9.63. The van der Waals surface area contributed by atoms with Gasteiger partial charge >= 0.3 is 0 Å². The van der Waals surface area contributed by atoms with Crippen molar-refractivity contribution in [2.75, 3.05) is 0 Å². The Kier molecular flexibility index (Phi) is 3.49. The van der Waals surface area contributed by atoms with Crippen molar-refractivity contribution in [2.24, 2.45) is 0 Å². The summed E-state index contributed by atoms with van der Waals surface area (Å²) in [4.78, 5) is 4.15. The van der Waals surface area contributed by atoms with Crippen molar-refractivity contribution in [2.45, 2.75) is 32.4 Å².